The van der Waals surface area contributed by atoms with E-state index in [1.54, 1.807) is 23.2 Å². The number of aromatic nitrogens is 1. The van der Waals surface area contributed by atoms with Gasteiger partial charge in [-0.25, -0.2) is 8.78 Å². The molecule has 1 aliphatic rings. The van der Waals surface area contributed by atoms with Crippen LogP contribution in [0.1, 0.15) is 34.5 Å². The zero-order chi connectivity index (χ0) is 16.4. The lowest BCUT2D eigenvalue weighted by Gasteiger charge is -2.23. The summed E-state index contributed by atoms with van der Waals surface area (Å²) in [5, 5.41) is 0. The first kappa shape index (κ1) is 15.6. The predicted molar refractivity (Wildman–Crippen MR) is 81.4 cm³/mol. The van der Waals surface area contributed by atoms with Crippen molar-refractivity contribution in [1.29, 1.82) is 0 Å². The number of amides is 1. The maximum absolute atomic E-state index is 13.9. The van der Waals surface area contributed by atoms with Crippen molar-refractivity contribution in [3.05, 3.63) is 65.0 Å². The van der Waals surface area contributed by atoms with Crippen LogP contribution in [0.2, 0.25) is 0 Å². The Bertz CT molecular complexity index is 732. The number of nitrogens with two attached hydrogens (primary N) is 1. The number of hydrogen-bond acceptors (Lipinski definition) is 3. The predicted octanol–water partition coefficient (Wildman–Crippen LogP) is 2.62. The van der Waals surface area contributed by atoms with E-state index in [1.807, 2.05) is 0 Å². The van der Waals surface area contributed by atoms with Crippen molar-refractivity contribution in [2.24, 2.45) is 5.73 Å². The summed E-state index contributed by atoms with van der Waals surface area (Å²) < 4.78 is 26.9. The van der Waals surface area contributed by atoms with Gasteiger partial charge in [0.2, 0.25) is 0 Å². The molecular formula is C17H17F2N3O. The molecule has 23 heavy (non-hydrogen) atoms. The summed E-state index contributed by atoms with van der Waals surface area (Å²) in [5.41, 5.74) is 6.96. The average molecular weight is 317 g/mol. The number of pyridine rings is 1. The van der Waals surface area contributed by atoms with Crippen LogP contribution in [0.3, 0.4) is 0 Å². The van der Waals surface area contributed by atoms with E-state index in [0.717, 1.165) is 18.9 Å². The van der Waals surface area contributed by atoms with Crippen molar-refractivity contribution in [1.82, 2.24) is 9.88 Å². The summed E-state index contributed by atoms with van der Waals surface area (Å²) >= 11 is 0. The molecule has 4 nitrogen and oxygen atoms in total. The Kier molecular flexibility index (Phi) is 4.34. The second-order valence-electron chi connectivity index (χ2n) is 5.64. The first-order chi connectivity index (χ1) is 11.1. The molecule has 6 heteroatoms. The van der Waals surface area contributed by atoms with Crippen LogP contribution in [-0.4, -0.2) is 21.8 Å². The van der Waals surface area contributed by atoms with Gasteiger partial charge in [-0.05, 0) is 31.0 Å². The van der Waals surface area contributed by atoms with Crippen molar-refractivity contribution in [3.63, 3.8) is 0 Å². The van der Waals surface area contributed by atoms with Gasteiger partial charge in [0.1, 0.15) is 11.6 Å². The fraction of sp³-hybridized carbons (Fsp3) is 0.294. The van der Waals surface area contributed by atoms with Crippen molar-refractivity contribution in [2.45, 2.75) is 32.0 Å². The van der Waals surface area contributed by atoms with E-state index in [0.29, 0.717) is 16.8 Å². The molecule has 1 aromatic carbocycles. The molecule has 3 rings (SSSR count). The van der Waals surface area contributed by atoms with Gasteiger partial charge in [0.05, 0.1) is 5.69 Å². The molecule has 0 unspecified atom stereocenters. The van der Waals surface area contributed by atoms with Crippen LogP contribution in [0.5, 0.6) is 0 Å². The summed E-state index contributed by atoms with van der Waals surface area (Å²) in [4.78, 5) is 18.4. The smallest absolute Gasteiger partial charge is 0.254 e. The highest BCUT2D eigenvalue weighted by Gasteiger charge is 2.33. The Labute approximate surface area is 132 Å². The molecule has 0 saturated heterocycles. The van der Waals surface area contributed by atoms with Gasteiger partial charge in [0.15, 0.2) is 0 Å². The van der Waals surface area contributed by atoms with Gasteiger partial charge in [-0.15, -0.1) is 0 Å². The van der Waals surface area contributed by atoms with Crippen LogP contribution in [0.15, 0.2) is 36.5 Å². The molecule has 0 aliphatic heterocycles. The van der Waals surface area contributed by atoms with Crippen LogP contribution in [0.25, 0.3) is 0 Å². The standard InChI is InChI=1S/C17H17F2N3O/c18-13-2-1-12(16(19)8-13)10-22(15-3-4-15)17(23)11-5-6-21-14(7-11)9-20/h1-2,5-8,15H,3-4,9-10,20H2. The molecule has 1 saturated carbocycles. The van der Waals surface area contributed by atoms with Gasteiger partial charge < -0.3 is 10.6 Å². The molecule has 2 N–H and O–H groups in total. The average Bonchev–Trinajstić information content (AvgIpc) is 3.38. The maximum atomic E-state index is 13.9. The lowest BCUT2D eigenvalue weighted by Crippen LogP contribution is -2.33. The number of carbonyl (C=O) groups excluding carboxylic acids is 1. The number of halogens is 2. The third-order valence-corrected chi connectivity index (χ3v) is 3.88. The molecule has 0 spiro atoms. The van der Waals surface area contributed by atoms with Crippen molar-refractivity contribution < 1.29 is 13.6 Å². The van der Waals surface area contributed by atoms with E-state index in [2.05, 4.69) is 4.98 Å². The highest BCUT2D eigenvalue weighted by Crippen LogP contribution is 2.30. The fourth-order valence-corrected chi connectivity index (χ4v) is 2.48. The van der Waals surface area contributed by atoms with E-state index in [9.17, 15) is 13.6 Å². The van der Waals surface area contributed by atoms with Crippen molar-refractivity contribution in [2.75, 3.05) is 0 Å². The van der Waals surface area contributed by atoms with Crippen LogP contribution in [-0.2, 0) is 13.1 Å². The van der Waals surface area contributed by atoms with Gasteiger partial charge in [0, 0.05) is 42.5 Å². The highest BCUT2D eigenvalue weighted by atomic mass is 19.1. The Morgan fingerprint density at radius 1 is 1.26 bits per heavy atom. The normalized spacial score (nSPS) is 13.9. The van der Waals surface area contributed by atoms with Crippen LogP contribution >= 0.6 is 0 Å². The number of carbonyl (C=O) groups is 1. The van der Waals surface area contributed by atoms with Crippen LogP contribution < -0.4 is 5.73 Å². The number of hydrogen-bond donors (Lipinski definition) is 1. The molecule has 1 fully saturated rings. The van der Waals surface area contributed by atoms with Gasteiger partial charge in [0.25, 0.3) is 5.91 Å². The third kappa shape index (κ3) is 3.53. The number of benzene rings is 1. The molecule has 0 atom stereocenters. The second kappa shape index (κ2) is 6.42. The van der Waals surface area contributed by atoms with Gasteiger partial charge >= 0.3 is 0 Å². The number of nitrogens with zero attached hydrogens (tertiary/aromatic N) is 2. The Hall–Kier alpha value is -2.34. The monoisotopic (exact) mass is 317 g/mol. The van der Waals surface area contributed by atoms with Crippen LogP contribution in [0, 0.1) is 11.6 Å². The Morgan fingerprint density at radius 2 is 2.04 bits per heavy atom. The number of rotatable bonds is 5. The lowest BCUT2D eigenvalue weighted by atomic mass is 10.1. The molecule has 0 radical (unpaired) electrons. The molecule has 1 aliphatic carbocycles. The summed E-state index contributed by atoms with van der Waals surface area (Å²) in [6.07, 6.45) is 3.33. The first-order valence-corrected chi connectivity index (χ1v) is 7.48. The largest absolute Gasteiger partial charge is 0.331 e. The van der Waals surface area contributed by atoms with E-state index >= 15 is 0 Å². The maximum Gasteiger partial charge on any atom is 0.254 e. The van der Waals surface area contributed by atoms with E-state index < -0.39 is 11.6 Å². The minimum absolute atomic E-state index is 0.0986. The molecular weight excluding hydrogens is 300 g/mol. The second-order valence-corrected chi connectivity index (χ2v) is 5.64. The molecule has 1 amide bonds. The van der Waals surface area contributed by atoms with Gasteiger partial charge in [-0.2, -0.15) is 0 Å². The highest BCUT2D eigenvalue weighted by molar-refractivity contribution is 5.94. The summed E-state index contributed by atoms with van der Waals surface area (Å²) in [6.45, 7) is 0.368. The molecule has 2 aromatic rings. The zero-order valence-electron chi connectivity index (χ0n) is 12.5. The van der Waals surface area contributed by atoms with E-state index in [-0.39, 0.29) is 25.0 Å². The summed E-state index contributed by atoms with van der Waals surface area (Å²) in [7, 11) is 0. The summed E-state index contributed by atoms with van der Waals surface area (Å²) in [5.74, 6) is -1.45. The molecule has 0 bridgehead atoms. The van der Waals surface area contributed by atoms with Crippen LogP contribution in [0.4, 0.5) is 8.78 Å². The van der Waals surface area contributed by atoms with Crippen molar-refractivity contribution in [3.8, 4) is 0 Å². The van der Waals surface area contributed by atoms with Crippen molar-refractivity contribution >= 4 is 5.91 Å². The fourth-order valence-electron chi connectivity index (χ4n) is 2.48. The molecule has 120 valence electrons. The minimum atomic E-state index is -0.638. The van der Waals surface area contributed by atoms with Gasteiger partial charge in [-0.3, -0.25) is 9.78 Å². The quantitative estimate of drug-likeness (QED) is 0.922. The zero-order valence-corrected chi connectivity index (χ0v) is 12.5. The SMILES string of the molecule is NCc1cc(C(=O)N(Cc2ccc(F)cc2F)C2CC2)ccn1. The Balaban J connectivity index is 1.85. The first-order valence-electron chi connectivity index (χ1n) is 7.48. The minimum Gasteiger partial charge on any atom is -0.331 e. The molecule has 1 aromatic heterocycles. The Morgan fingerprint density at radius 3 is 2.70 bits per heavy atom. The lowest BCUT2D eigenvalue weighted by molar-refractivity contribution is 0.0728. The van der Waals surface area contributed by atoms with E-state index in [4.69, 9.17) is 5.73 Å². The van der Waals surface area contributed by atoms with E-state index in [1.165, 1.54) is 12.1 Å². The van der Waals surface area contributed by atoms with Gasteiger partial charge in [-0.1, -0.05) is 6.07 Å². The third-order valence-electron chi connectivity index (χ3n) is 3.88. The topological polar surface area (TPSA) is 59.2 Å². The molecule has 1 heterocycles. The summed E-state index contributed by atoms with van der Waals surface area (Å²) in [6, 6.07) is 6.79.